The van der Waals surface area contributed by atoms with E-state index in [1.165, 1.54) is 76.4 Å². The fraction of sp³-hybridized carbons (Fsp3) is 0. The maximum Gasteiger partial charge on any atom is 0.0620 e. The number of hydrogen-bond donors (Lipinski definition) is 0. The Morgan fingerprint density at radius 1 is 0.250 bits per heavy atom. The van der Waals surface area contributed by atoms with Crippen molar-refractivity contribution < 1.29 is 0 Å². The second-order valence-electron chi connectivity index (χ2n) is 17.5. The van der Waals surface area contributed by atoms with Crippen molar-refractivity contribution >= 4 is 71.2 Å². The van der Waals surface area contributed by atoms with Crippen LogP contribution in [0, 0.1) is 0 Å². The van der Waals surface area contributed by atoms with Crippen molar-refractivity contribution in [3.8, 4) is 50.2 Å². The van der Waals surface area contributed by atoms with Crippen LogP contribution in [-0.4, -0.2) is 4.57 Å². The Balaban J connectivity index is 1.13. The number of hydrogen-bond acceptors (Lipinski definition) is 1. The molecule has 0 aliphatic carbocycles. The van der Waals surface area contributed by atoms with E-state index in [4.69, 9.17) is 0 Å². The number of rotatable bonds is 8. The lowest BCUT2D eigenvalue weighted by Gasteiger charge is -2.32. The molecule has 0 radical (unpaired) electrons. The van der Waals surface area contributed by atoms with Gasteiger partial charge in [-0.1, -0.05) is 231 Å². The lowest BCUT2D eigenvalue weighted by molar-refractivity contribution is 1.18. The molecule has 0 fully saturated rings. The van der Waals surface area contributed by atoms with Gasteiger partial charge >= 0.3 is 0 Å². The molecule has 2 nitrogen and oxygen atoms in total. The summed E-state index contributed by atoms with van der Waals surface area (Å²) in [6.07, 6.45) is 0. The third-order valence-corrected chi connectivity index (χ3v) is 13.8. The molecule has 1 heterocycles. The van der Waals surface area contributed by atoms with Crippen molar-refractivity contribution in [2.75, 3.05) is 4.90 Å². The quantitative estimate of drug-likeness (QED) is 0.138. The average molecular weight is 865 g/mol. The number of anilines is 3. The molecule has 13 rings (SSSR count). The topological polar surface area (TPSA) is 8.17 Å². The molecule has 0 N–H and O–H groups in total. The van der Waals surface area contributed by atoms with Gasteiger partial charge in [-0.25, -0.2) is 0 Å². The van der Waals surface area contributed by atoms with Crippen LogP contribution < -0.4 is 4.90 Å². The molecule has 12 aromatic carbocycles. The Labute approximate surface area is 395 Å². The molecule has 0 aliphatic rings. The van der Waals surface area contributed by atoms with E-state index < -0.39 is 0 Å². The first-order chi connectivity index (χ1) is 33.8. The van der Waals surface area contributed by atoms with Gasteiger partial charge in [-0.3, -0.25) is 0 Å². The summed E-state index contributed by atoms with van der Waals surface area (Å²) in [6, 6.07) is 97.7. The second-order valence-corrected chi connectivity index (χ2v) is 17.5. The van der Waals surface area contributed by atoms with Crippen molar-refractivity contribution in [2.45, 2.75) is 0 Å². The van der Waals surface area contributed by atoms with Crippen LogP contribution in [0.4, 0.5) is 17.1 Å². The molecular formula is C66H44N2. The molecule has 0 saturated carbocycles. The fourth-order valence-corrected chi connectivity index (χ4v) is 10.9. The van der Waals surface area contributed by atoms with E-state index in [0.29, 0.717) is 0 Å². The molecule has 0 bridgehead atoms. The normalized spacial score (nSPS) is 11.5. The minimum absolute atomic E-state index is 1.08. The van der Waals surface area contributed by atoms with E-state index in [2.05, 4.69) is 276 Å². The van der Waals surface area contributed by atoms with Crippen LogP contribution in [0.5, 0.6) is 0 Å². The molecule has 0 atom stereocenters. The van der Waals surface area contributed by atoms with Crippen LogP contribution in [0.1, 0.15) is 0 Å². The third-order valence-electron chi connectivity index (χ3n) is 13.8. The van der Waals surface area contributed by atoms with Crippen molar-refractivity contribution in [3.63, 3.8) is 0 Å². The zero-order chi connectivity index (χ0) is 45.0. The predicted octanol–water partition coefficient (Wildman–Crippen LogP) is 18.4. The highest BCUT2D eigenvalue weighted by atomic mass is 15.2. The summed E-state index contributed by atoms with van der Waals surface area (Å²) < 4.78 is 2.45. The molecule has 318 valence electrons. The van der Waals surface area contributed by atoms with Gasteiger partial charge in [-0.05, 0) is 91.0 Å². The molecular weight excluding hydrogens is 821 g/mol. The number of para-hydroxylation sites is 6. The highest BCUT2D eigenvalue weighted by Crippen LogP contribution is 2.51. The van der Waals surface area contributed by atoms with Gasteiger partial charge in [0.2, 0.25) is 0 Å². The lowest BCUT2D eigenvalue weighted by atomic mass is 9.89. The summed E-state index contributed by atoms with van der Waals surface area (Å²) in [5.41, 5.74) is 16.1. The lowest BCUT2D eigenvalue weighted by Crippen LogP contribution is -2.14. The summed E-state index contributed by atoms with van der Waals surface area (Å²) in [5, 5.41) is 9.84. The first-order valence-corrected chi connectivity index (χ1v) is 23.4. The zero-order valence-electron chi connectivity index (χ0n) is 37.3. The van der Waals surface area contributed by atoms with E-state index in [9.17, 15) is 0 Å². The molecule has 0 aliphatic heterocycles. The van der Waals surface area contributed by atoms with Gasteiger partial charge < -0.3 is 9.47 Å². The minimum atomic E-state index is 1.08. The third kappa shape index (κ3) is 6.41. The Morgan fingerprint density at radius 2 is 0.721 bits per heavy atom. The van der Waals surface area contributed by atoms with Gasteiger partial charge in [0.25, 0.3) is 0 Å². The van der Waals surface area contributed by atoms with Crippen molar-refractivity contribution in [2.24, 2.45) is 0 Å². The minimum Gasteiger partial charge on any atom is -0.309 e. The largest absolute Gasteiger partial charge is 0.309 e. The molecule has 13 aromatic rings. The van der Waals surface area contributed by atoms with Gasteiger partial charge in [0.15, 0.2) is 0 Å². The van der Waals surface area contributed by atoms with E-state index >= 15 is 0 Å². The summed E-state index contributed by atoms with van der Waals surface area (Å²) >= 11 is 0. The molecule has 1 aromatic heterocycles. The Kier molecular flexibility index (Phi) is 9.54. The van der Waals surface area contributed by atoms with E-state index in [1.807, 2.05) is 0 Å². The van der Waals surface area contributed by atoms with Crippen molar-refractivity contribution in [3.05, 3.63) is 267 Å². The van der Waals surface area contributed by atoms with Gasteiger partial charge in [-0.15, -0.1) is 0 Å². The summed E-state index contributed by atoms with van der Waals surface area (Å²) in [4.78, 5) is 2.54. The first kappa shape index (κ1) is 39.4. The summed E-state index contributed by atoms with van der Waals surface area (Å²) in [5.74, 6) is 0. The van der Waals surface area contributed by atoms with E-state index in [-0.39, 0.29) is 0 Å². The highest BCUT2D eigenvalue weighted by Gasteiger charge is 2.26. The molecule has 68 heavy (non-hydrogen) atoms. The monoisotopic (exact) mass is 864 g/mol. The number of fused-ring (bicyclic) bond motifs is 7. The Hall–Kier alpha value is -8.98. The van der Waals surface area contributed by atoms with Crippen molar-refractivity contribution in [1.82, 2.24) is 4.57 Å². The number of aromatic nitrogens is 1. The van der Waals surface area contributed by atoms with Crippen molar-refractivity contribution in [1.29, 1.82) is 0 Å². The zero-order valence-corrected chi connectivity index (χ0v) is 37.3. The number of benzene rings is 12. The summed E-state index contributed by atoms with van der Waals surface area (Å²) in [6.45, 7) is 0. The van der Waals surface area contributed by atoms with Gasteiger partial charge in [0, 0.05) is 38.7 Å². The van der Waals surface area contributed by atoms with Gasteiger partial charge in [0.1, 0.15) is 0 Å². The SMILES string of the molecule is c1ccc(-c2cccc3cccc(-c4ccccc4N(c4ccccc4-c4cccc5c4ccc4ccccc45)c4ccccc4-c4cccc5c6ccccc6n(-c6ccccc6)c45)c23)cc1. The van der Waals surface area contributed by atoms with Crippen LogP contribution >= 0.6 is 0 Å². The summed E-state index contributed by atoms with van der Waals surface area (Å²) in [7, 11) is 0. The van der Waals surface area contributed by atoms with Gasteiger partial charge in [0.05, 0.1) is 28.1 Å². The Bertz CT molecular complexity index is 4030. The van der Waals surface area contributed by atoms with E-state index in [1.54, 1.807) is 0 Å². The molecule has 0 spiro atoms. The van der Waals surface area contributed by atoms with Crippen LogP contribution in [-0.2, 0) is 0 Å². The van der Waals surface area contributed by atoms with Crippen LogP contribution in [0.25, 0.3) is 104 Å². The maximum atomic E-state index is 2.54. The standard InChI is InChI=1S/C66H44N2/c1-3-21-45(22-4-1)50-33-17-24-47-25-18-36-58(65(47)50)55-30-10-15-41-63(55)68(62-40-14-9-29-54(62)52-35-19-34-51-49-28-8-7-23-46(49)43-44-53(51)52)64-42-16-12-32-57(64)60-38-20-37-59-56-31-11-13-39-61(56)67(66(59)60)48-26-5-2-6-27-48/h1-44H. The first-order valence-electron chi connectivity index (χ1n) is 23.4. The molecule has 2 heteroatoms. The molecule has 0 amide bonds. The van der Waals surface area contributed by atoms with Crippen LogP contribution in [0.15, 0.2) is 267 Å². The van der Waals surface area contributed by atoms with E-state index in [0.717, 1.165) is 45.0 Å². The fourth-order valence-electron chi connectivity index (χ4n) is 10.9. The predicted molar refractivity (Wildman–Crippen MR) is 290 cm³/mol. The van der Waals surface area contributed by atoms with Gasteiger partial charge in [-0.2, -0.15) is 0 Å². The molecule has 0 unspecified atom stereocenters. The number of nitrogens with zero attached hydrogens (tertiary/aromatic N) is 2. The van der Waals surface area contributed by atoms with Crippen LogP contribution in [0.3, 0.4) is 0 Å². The van der Waals surface area contributed by atoms with Crippen LogP contribution in [0.2, 0.25) is 0 Å². The smallest absolute Gasteiger partial charge is 0.0620 e. The molecule has 0 saturated heterocycles. The second kappa shape index (κ2) is 16.5. The highest BCUT2D eigenvalue weighted by molar-refractivity contribution is 6.17. The Morgan fingerprint density at radius 3 is 1.44 bits per heavy atom. The maximum absolute atomic E-state index is 2.54. The average Bonchev–Trinajstić information content (AvgIpc) is 3.76.